The number of benzene rings is 3. The molecule has 7 nitrogen and oxygen atoms in total. The Bertz CT molecular complexity index is 1300. The molecule has 3 aromatic rings. The first-order valence-electron chi connectivity index (χ1n) is 10.8. The van der Waals surface area contributed by atoms with Crippen LogP contribution in [0.2, 0.25) is 10.0 Å². The first-order chi connectivity index (χ1) is 16.9. The summed E-state index contributed by atoms with van der Waals surface area (Å²) in [7, 11) is 0. The van der Waals surface area contributed by atoms with E-state index in [4.69, 9.17) is 35.4 Å². The fourth-order valence-electron chi connectivity index (χ4n) is 3.09. The zero-order valence-electron chi connectivity index (χ0n) is 19.7. The van der Waals surface area contributed by atoms with Crippen LogP contribution in [0, 0.1) is 0 Å². The van der Waals surface area contributed by atoms with Gasteiger partial charge in [0.05, 0.1) is 10.6 Å². The highest BCUT2D eigenvalue weighted by molar-refractivity contribution is 7.80. The SMILES string of the molecule is CC(C)(C)c1ccc(C(=O)Nc2ccc(C(=O)NNC(=S)NC(=O)c3ccc(Cl)cc3Cl)cc2)cc1. The molecule has 0 spiro atoms. The number of anilines is 1. The zero-order valence-corrected chi connectivity index (χ0v) is 22.1. The summed E-state index contributed by atoms with van der Waals surface area (Å²) in [5.41, 5.74) is 7.54. The molecule has 3 amide bonds. The van der Waals surface area contributed by atoms with Gasteiger partial charge in [-0.15, -0.1) is 0 Å². The third-order valence-corrected chi connectivity index (χ3v) is 5.86. The summed E-state index contributed by atoms with van der Waals surface area (Å²) in [5, 5.41) is 5.65. The molecule has 0 aliphatic carbocycles. The van der Waals surface area contributed by atoms with E-state index in [1.54, 1.807) is 36.4 Å². The molecule has 0 aliphatic rings. The Labute approximate surface area is 224 Å². The topological polar surface area (TPSA) is 99.3 Å². The van der Waals surface area contributed by atoms with Crippen molar-refractivity contribution in [2.45, 2.75) is 26.2 Å². The predicted molar refractivity (Wildman–Crippen MR) is 147 cm³/mol. The standard InChI is InChI=1S/C26H24Cl2N4O3S/c1-26(2,3)17-8-4-15(5-9-17)22(33)29-19-11-6-16(7-12-19)23(34)31-32-25(36)30-24(35)20-13-10-18(27)14-21(20)28/h4-14H,1-3H3,(H,29,33)(H,31,34)(H2,30,32,35,36). The van der Waals surface area contributed by atoms with E-state index in [0.717, 1.165) is 5.56 Å². The van der Waals surface area contributed by atoms with E-state index >= 15 is 0 Å². The van der Waals surface area contributed by atoms with Crippen LogP contribution in [-0.4, -0.2) is 22.8 Å². The van der Waals surface area contributed by atoms with Gasteiger partial charge in [0.1, 0.15) is 0 Å². The highest BCUT2D eigenvalue weighted by atomic mass is 35.5. The minimum atomic E-state index is -0.559. The Morgan fingerprint density at radius 2 is 1.33 bits per heavy atom. The highest BCUT2D eigenvalue weighted by Gasteiger charge is 2.15. The van der Waals surface area contributed by atoms with Crippen molar-refractivity contribution in [2.24, 2.45) is 0 Å². The molecular formula is C26H24Cl2N4O3S. The second-order valence-electron chi connectivity index (χ2n) is 8.85. The number of hydrogen-bond acceptors (Lipinski definition) is 4. The van der Waals surface area contributed by atoms with Gasteiger partial charge in [-0.3, -0.25) is 30.6 Å². The van der Waals surface area contributed by atoms with E-state index in [1.165, 1.54) is 18.2 Å². The molecule has 0 aliphatic heterocycles. The maximum Gasteiger partial charge on any atom is 0.269 e. The van der Waals surface area contributed by atoms with E-state index in [9.17, 15) is 14.4 Å². The van der Waals surface area contributed by atoms with Crippen molar-refractivity contribution in [3.05, 3.63) is 99.0 Å². The Balaban J connectivity index is 1.51. The quantitative estimate of drug-likeness (QED) is 0.258. The van der Waals surface area contributed by atoms with Crippen LogP contribution in [0.5, 0.6) is 0 Å². The molecule has 0 radical (unpaired) electrons. The smallest absolute Gasteiger partial charge is 0.269 e. The van der Waals surface area contributed by atoms with Gasteiger partial charge in [-0.2, -0.15) is 0 Å². The van der Waals surface area contributed by atoms with E-state index in [0.29, 0.717) is 21.8 Å². The van der Waals surface area contributed by atoms with Gasteiger partial charge in [-0.1, -0.05) is 56.1 Å². The van der Waals surface area contributed by atoms with E-state index < -0.39 is 11.8 Å². The molecule has 10 heteroatoms. The van der Waals surface area contributed by atoms with Crippen molar-refractivity contribution in [1.29, 1.82) is 0 Å². The second-order valence-corrected chi connectivity index (χ2v) is 10.1. The molecule has 4 N–H and O–H groups in total. The van der Waals surface area contributed by atoms with Gasteiger partial charge < -0.3 is 5.32 Å². The maximum atomic E-state index is 12.5. The number of hydrogen-bond donors (Lipinski definition) is 4. The molecule has 0 unspecified atom stereocenters. The van der Waals surface area contributed by atoms with Gasteiger partial charge in [0.25, 0.3) is 17.7 Å². The number of nitrogens with one attached hydrogen (secondary N) is 4. The number of hydrazine groups is 1. The van der Waals surface area contributed by atoms with Crippen molar-refractivity contribution < 1.29 is 14.4 Å². The number of halogens is 2. The van der Waals surface area contributed by atoms with E-state index in [2.05, 4.69) is 42.3 Å². The fourth-order valence-corrected chi connectivity index (χ4v) is 3.73. The van der Waals surface area contributed by atoms with Gasteiger partial charge in [-0.05, 0) is 77.8 Å². The summed E-state index contributed by atoms with van der Waals surface area (Å²) in [5.74, 6) is -1.31. The monoisotopic (exact) mass is 542 g/mol. The van der Waals surface area contributed by atoms with Crippen LogP contribution in [0.15, 0.2) is 66.7 Å². The summed E-state index contributed by atoms with van der Waals surface area (Å²) in [4.78, 5) is 37.2. The molecule has 0 bridgehead atoms. The fraction of sp³-hybridized carbons (Fsp3) is 0.154. The van der Waals surface area contributed by atoms with Gasteiger partial charge >= 0.3 is 0 Å². The van der Waals surface area contributed by atoms with Crippen LogP contribution in [0.25, 0.3) is 0 Å². The molecule has 3 aromatic carbocycles. The molecule has 0 aromatic heterocycles. The Morgan fingerprint density at radius 3 is 1.92 bits per heavy atom. The number of amides is 3. The Hall–Kier alpha value is -3.46. The minimum Gasteiger partial charge on any atom is -0.322 e. The van der Waals surface area contributed by atoms with Crippen LogP contribution in [-0.2, 0) is 5.41 Å². The van der Waals surface area contributed by atoms with Gasteiger partial charge in [0.2, 0.25) is 0 Å². The number of rotatable bonds is 4. The lowest BCUT2D eigenvalue weighted by atomic mass is 9.87. The molecule has 0 heterocycles. The zero-order chi connectivity index (χ0) is 26.5. The van der Waals surface area contributed by atoms with Crippen molar-refractivity contribution in [3.63, 3.8) is 0 Å². The van der Waals surface area contributed by atoms with Crippen LogP contribution in [0.4, 0.5) is 5.69 Å². The maximum absolute atomic E-state index is 12.5. The van der Waals surface area contributed by atoms with Crippen LogP contribution in [0.3, 0.4) is 0 Å². The first kappa shape index (κ1) is 27.1. The Morgan fingerprint density at radius 1 is 0.750 bits per heavy atom. The van der Waals surface area contributed by atoms with Crippen molar-refractivity contribution >= 4 is 63.9 Å². The lowest BCUT2D eigenvalue weighted by molar-refractivity contribution is 0.0934. The largest absolute Gasteiger partial charge is 0.322 e. The Kier molecular flexibility index (Phi) is 8.68. The lowest BCUT2D eigenvalue weighted by Gasteiger charge is -2.19. The van der Waals surface area contributed by atoms with Gasteiger partial charge in [0.15, 0.2) is 5.11 Å². The van der Waals surface area contributed by atoms with Crippen LogP contribution in [0.1, 0.15) is 57.4 Å². The average Bonchev–Trinajstić information content (AvgIpc) is 2.82. The molecule has 0 fully saturated rings. The predicted octanol–water partition coefficient (Wildman–Crippen LogP) is 5.49. The van der Waals surface area contributed by atoms with Crippen molar-refractivity contribution in [3.8, 4) is 0 Å². The molecule has 3 rings (SSSR count). The van der Waals surface area contributed by atoms with Gasteiger partial charge in [-0.25, -0.2) is 0 Å². The highest BCUT2D eigenvalue weighted by Crippen LogP contribution is 2.23. The van der Waals surface area contributed by atoms with Crippen LogP contribution >= 0.6 is 35.4 Å². The summed E-state index contributed by atoms with van der Waals surface area (Å²) < 4.78 is 0. The third kappa shape index (κ3) is 7.27. The summed E-state index contributed by atoms with van der Waals surface area (Å²) in [6.45, 7) is 6.32. The molecule has 36 heavy (non-hydrogen) atoms. The molecular weight excluding hydrogens is 519 g/mol. The number of thiocarbonyl (C=S) groups is 1. The van der Waals surface area contributed by atoms with E-state index in [1.807, 2.05) is 12.1 Å². The van der Waals surface area contributed by atoms with Gasteiger partial charge in [0, 0.05) is 21.8 Å². The third-order valence-electron chi connectivity index (χ3n) is 5.11. The minimum absolute atomic E-state index is 0.0000149. The number of carbonyl (C=O) groups excluding carboxylic acids is 3. The number of carbonyl (C=O) groups is 3. The van der Waals surface area contributed by atoms with E-state index in [-0.39, 0.29) is 27.0 Å². The molecule has 186 valence electrons. The summed E-state index contributed by atoms with van der Waals surface area (Å²) in [6, 6.07) is 18.2. The normalized spacial score (nSPS) is 10.8. The first-order valence-corrected chi connectivity index (χ1v) is 12.0. The lowest BCUT2D eigenvalue weighted by Crippen LogP contribution is -2.48. The summed E-state index contributed by atoms with van der Waals surface area (Å²) in [6.07, 6.45) is 0. The molecule has 0 saturated heterocycles. The molecule has 0 atom stereocenters. The summed E-state index contributed by atoms with van der Waals surface area (Å²) >= 11 is 16.9. The van der Waals surface area contributed by atoms with Crippen molar-refractivity contribution in [1.82, 2.24) is 16.2 Å². The second kappa shape index (κ2) is 11.5. The van der Waals surface area contributed by atoms with Crippen LogP contribution < -0.4 is 21.5 Å². The average molecular weight is 543 g/mol. The van der Waals surface area contributed by atoms with Crippen molar-refractivity contribution in [2.75, 3.05) is 5.32 Å². The molecule has 0 saturated carbocycles.